The summed E-state index contributed by atoms with van der Waals surface area (Å²) in [4.78, 5) is 16.6. The lowest BCUT2D eigenvalue weighted by molar-refractivity contribution is 0.170. The summed E-state index contributed by atoms with van der Waals surface area (Å²) < 4.78 is 27.5. The van der Waals surface area contributed by atoms with E-state index in [1.54, 1.807) is 17.4 Å². The SMILES string of the molecule is CC(C)c1nc2ccc(NC(=O)NCC(O)c3ccc(F)cc3F)cc2s1. The standard InChI is InChI=1S/C19H19F2N3O2S/c1-10(2)18-24-15-6-4-12(8-17(15)27-18)23-19(26)22-9-16(25)13-5-3-11(20)7-14(13)21/h3-8,10,16,25H,9H2,1-2H3,(H2,22,23,26). The van der Waals surface area contributed by atoms with E-state index in [0.29, 0.717) is 17.7 Å². The molecule has 0 radical (unpaired) electrons. The first-order valence-corrected chi connectivity index (χ1v) is 9.23. The average molecular weight is 391 g/mol. The fraction of sp³-hybridized carbons (Fsp3) is 0.263. The van der Waals surface area contributed by atoms with Crippen molar-refractivity contribution < 1.29 is 18.7 Å². The van der Waals surface area contributed by atoms with Crippen molar-refractivity contribution in [2.75, 3.05) is 11.9 Å². The van der Waals surface area contributed by atoms with Crippen molar-refractivity contribution in [1.82, 2.24) is 10.3 Å². The second kappa shape index (κ2) is 7.98. The highest BCUT2D eigenvalue weighted by Crippen LogP contribution is 2.29. The number of hydrogen-bond acceptors (Lipinski definition) is 4. The Morgan fingerprint density at radius 3 is 2.70 bits per heavy atom. The topological polar surface area (TPSA) is 74.2 Å². The number of anilines is 1. The maximum absolute atomic E-state index is 13.6. The number of nitrogens with zero attached hydrogens (tertiary/aromatic N) is 1. The fourth-order valence-corrected chi connectivity index (χ4v) is 3.52. The number of carbonyl (C=O) groups excluding carboxylic acids is 1. The van der Waals surface area contributed by atoms with Crippen LogP contribution in [0.15, 0.2) is 36.4 Å². The molecular formula is C19H19F2N3O2S. The molecule has 3 aromatic rings. The van der Waals surface area contributed by atoms with E-state index in [1.165, 1.54) is 0 Å². The molecule has 3 N–H and O–H groups in total. The second-order valence-corrected chi connectivity index (χ2v) is 7.47. The summed E-state index contributed by atoms with van der Waals surface area (Å²) in [6, 6.07) is 7.75. The van der Waals surface area contributed by atoms with E-state index in [4.69, 9.17) is 0 Å². The van der Waals surface area contributed by atoms with Crippen molar-refractivity contribution in [3.8, 4) is 0 Å². The van der Waals surface area contributed by atoms with E-state index in [1.807, 2.05) is 12.1 Å². The van der Waals surface area contributed by atoms with Gasteiger partial charge in [0.05, 0.1) is 21.3 Å². The van der Waals surface area contributed by atoms with Crippen molar-refractivity contribution in [1.29, 1.82) is 0 Å². The van der Waals surface area contributed by atoms with Crippen LogP contribution in [0.4, 0.5) is 19.3 Å². The van der Waals surface area contributed by atoms with Gasteiger partial charge in [-0.25, -0.2) is 18.6 Å². The number of hydrogen-bond donors (Lipinski definition) is 3. The monoisotopic (exact) mass is 391 g/mol. The molecule has 1 aromatic heterocycles. The van der Waals surface area contributed by atoms with Gasteiger partial charge in [-0.3, -0.25) is 0 Å². The quantitative estimate of drug-likeness (QED) is 0.597. The lowest BCUT2D eigenvalue weighted by Gasteiger charge is -2.13. The number of urea groups is 1. The van der Waals surface area contributed by atoms with Crippen LogP contribution in [-0.2, 0) is 0 Å². The number of aliphatic hydroxyl groups is 1. The van der Waals surface area contributed by atoms with E-state index < -0.39 is 23.8 Å². The number of nitrogens with one attached hydrogen (secondary N) is 2. The zero-order valence-corrected chi connectivity index (χ0v) is 15.6. The molecule has 27 heavy (non-hydrogen) atoms. The summed E-state index contributed by atoms with van der Waals surface area (Å²) in [5, 5.41) is 16.2. The van der Waals surface area contributed by atoms with E-state index >= 15 is 0 Å². The van der Waals surface area contributed by atoms with Crippen LogP contribution in [0.2, 0.25) is 0 Å². The molecule has 1 atom stereocenters. The third-order valence-corrected chi connectivity index (χ3v) is 5.25. The Bertz CT molecular complexity index is 975. The number of thiazole rings is 1. The van der Waals surface area contributed by atoms with Crippen molar-refractivity contribution in [2.24, 2.45) is 0 Å². The van der Waals surface area contributed by atoms with Gasteiger partial charge < -0.3 is 15.7 Å². The molecule has 1 heterocycles. The van der Waals surface area contributed by atoms with Crippen molar-refractivity contribution in [3.63, 3.8) is 0 Å². The number of rotatable bonds is 5. The Balaban J connectivity index is 1.61. The Labute approximate surface area is 159 Å². The predicted molar refractivity (Wildman–Crippen MR) is 102 cm³/mol. The van der Waals surface area contributed by atoms with Crippen LogP contribution in [0.5, 0.6) is 0 Å². The zero-order valence-electron chi connectivity index (χ0n) is 14.8. The van der Waals surface area contributed by atoms with Crippen LogP contribution in [0.1, 0.15) is 36.4 Å². The van der Waals surface area contributed by atoms with Gasteiger partial charge in [0.2, 0.25) is 0 Å². The van der Waals surface area contributed by atoms with Gasteiger partial charge in [-0.05, 0) is 24.3 Å². The van der Waals surface area contributed by atoms with Crippen LogP contribution in [0.25, 0.3) is 10.2 Å². The largest absolute Gasteiger partial charge is 0.386 e. The molecule has 0 aliphatic heterocycles. The highest BCUT2D eigenvalue weighted by Gasteiger charge is 2.15. The van der Waals surface area contributed by atoms with Gasteiger partial charge in [0.25, 0.3) is 0 Å². The van der Waals surface area contributed by atoms with Crippen LogP contribution in [0, 0.1) is 11.6 Å². The van der Waals surface area contributed by atoms with Gasteiger partial charge in [-0.1, -0.05) is 19.9 Å². The second-order valence-electron chi connectivity index (χ2n) is 6.41. The summed E-state index contributed by atoms with van der Waals surface area (Å²) in [7, 11) is 0. The van der Waals surface area contributed by atoms with Gasteiger partial charge in [0.1, 0.15) is 11.6 Å². The van der Waals surface area contributed by atoms with Crippen LogP contribution >= 0.6 is 11.3 Å². The number of amides is 2. The summed E-state index contributed by atoms with van der Waals surface area (Å²) in [5.74, 6) is -1.26. The Morgan fingerprint density at radius 2 is 2.00 bits per heavy atom. The lowest BCUT2D eigenvalue weighted by Crippen LogP contribution is -2.32. The molecule has 1 unspecified atom stereocenters. The number of aromatic nitrogens is 1. The summed E-state index contributed by atoms with van der Waals surface area (Å²) in [5.41, 5.74) is 1.38. The summed E-state index contributed by atoms with van der Waals surface area (Å²) in [6.45, 7) is 3.92. The smallest absolute Gasteiger partial charge is 0.319 e. The lowest BCUT2D eigenvalue weighted by atomic mass is 10.1. The van der Waals surface area contributed by atoms with Gasteiger partial charge >= 0.3 is 6.03 Å². The Morgan fingerprint density at radius 1 is 1.22 bits per heavy atom. The minimum Gasteiger partial charge on any atom is -0.386 e. The molecule has 0 saturated carbocycles. The highest BCUT2D eigenvalue weighted by atomic mass is 32.1. The van der Waals surface area contributed by atoms with Gasteiger partial charge in [-0.2, -0.15) is 0 Å². The third-order valence-electron chi connectivity index (χ3n) is 3.93. The molecule has 0 spiro atoms. The molecule has 0 aliphatic rings. The zero-order chi connectivity index (χ0) is 19.6. The van der Waals surface area contributed by atoms with E-state index in [0.717, 1.165) is 27.4 Å². The first-order chi connectivity index (χ1) is 12.8. The van der Waals surface area contributed by atoms with Crippen molar-refractivity contribution in [3.05, 3.63) is 58.6 Å². The highest BCUT2D eigenvalue weighted by molar-refractivity contribution is 7.18. The maximum Gasteiger partial charge on any atom is 0.319 e. The number of fused-ring (bicyclic) bond motifs is 1. The minimum absolute atomic E-state index is 0.0796. The van der Waals surface area contributed by atoms with Crippen LogP contribution in [-0.4, -0.2) is 22.7 Å². The first kappa shape index (κ1) is 19.2. The maximum atomic E-state index is 13.6. The number of carbonyl (C=O) groups is 1. The Hall–Kier alpha value is -2.58. The molecule has 142 valence electrons. The van der Waals surface area contributed by atoms with Gasteiger partial charge in [-0.15, -0.1) is 11.3 Å². The number of halogens is 2. The van der Waals surface area contributed by atoms with Crippen molar-refractivity contribution in [2.45, 2.75) is 25.9 Å². The average Bonchev–Trinajstić information content (AvgIpc) is 3.03. The molecule has 0 saturated heterocycles. The van der Waals surface area contributed by atoms with E-state index in [-0.39, 0.29) is 12.1 Å². The molecule has 0 fully saturated rings. The summed E-state index contributed by atoms with van der Waals surface area (Å²) >= 11 is 1.57. The first-order valence-electron chi connectivity index (χ1n) is 8.42. The number of aliphatic hydroxyl groups excluding tert-OH is 1. The van der Waals surface area contributed by atoms with Gasteiger partial charge in [0.15, 0.2) is 0 Å². The normalized spacial score (nSPS) is 12.4. The molecular weight excluding hydrogens is 372 g/mol. The summed E-state index contributed by atoms with van der Waals surface area (Å²) in [6.07, 6.45) is -1.28. The fourth-order valence-electron chi connectivity index (χ4n) is 2.51. The molecule has 5 nitrogen and oxygen atoms in total. The predicted octanol–water partition coefficient (Wildman–Crippen LogP) is 4.55. The molecule has 8 heteroatoms. The van der Waals surface area contributed by atoms with E-state index in [2.05, 4.69) is 29.5 Å². The number of benzene rings is 2. The molecule has 2 amide bonds. The van der Waals surface area contributed by atoms with Crippen LogP contribution in [0.3, 0.4) is 0 Å². The molecule has 0 aliphatic carbocycles. The molecule has 0 bridgehead atoms. The van der Waals surface area contributed by atoms with Crippen molar-refractivity contribution >= 4 is 33.3 Å². The van der Waals surface area contributed by atoms with E-state index in [9.17, 15) is 18.7 Å². The van der Waals surface area contributed by atoms with Crippen LogP contribution < -0.4 is 10.6 Å². The third kappa shape index (κ3) is 4.58. The molecule has 3 rings (SSSR count). The Kier molecular flexibility index (Phi) is 5.67. The van der Waals surface area contributed by atoms with Gasteiger partial charge in [0, 0.05) is 29.8 Å². The minimum atomic E-state index is -1.28. The molecule has 2 aromatic carbocycles.